The van der Waals surface area contributed by atoms with Crippen molar-refractivity contribution in [3.63, 3.8) is 0 Å². The van der Waals surface area contributed by atoms with Crippen LogP contribution >= 0.6 is 0 Å². The van der Waals surface area contributed by atoms with E-state index >= 15 is 0 Å². The molecule has 3 nitrogen and oxygen atoms in total. The van der Waals surface area contributed by atoms with Crippen molar-refractivity contribution in [1.29, 1.82) is 0 Å². The van der Waals surface area contributed by atoms with E-state index in [9.17, 15) is 13.2 Å². The zero-order valence-electron chi connectivity index (χ0n) is 11.5. The van der Waals surface area contributed by atoms with Crippen molar-refractivity contribution < 1.29 is 22.6 Å². The molecule has 0 saturated carbocycles. The number of halogens is 3. The summed E-state index contributed by atoms with van der Waals surface area (Å²) < 4.78 is 50.2. The summed E-state index contributed by atoms with van der Waals surface area (Å²) in [5.41, 5.74) is 6.27. The molecule has 0 fully saturated rings. The van der Waals surface area contributed by atoms with Crippen LogP contribution in [0.15, 0.2) is 30.3 Å². The number of nitrogens with two attached hydrogens (primary N) is 1. The van der Waals surface area contributed by atoms with Crippen LogP contribution in [-0.2, 0) is 0 Å². The highest BCUT2D eigenvalue weighted by Crippen LogP contribution is 2.32. The van der Waals surface area contributed by atoms with Crippen LogP contribution in [0.5, 0.6) is 11.5 Å². The Bertz CT molecular complexity index is 662. The summed E-state index contributed by atoms with van der Waals surface area (Å²) >= 11 is 0. The van der Waals surface area contributed by atoms with Gasteiger partial charge < -0.3 is 15.2 Å². The van der Waals surface area contributed by atoms with E-state index in [4.69, 9.17) is 15.2 Å². The van der Waals surface area contributed by atoms with Crippen molar-refractivity contribution in [2.24, 2.45) is 5.73 Å². The van der Waals surface area contributed by atoms with Gasteiger partial charge in [0, 0.05) is 5.56 Å². The Morgan fingerprint density at radius 2 is 1.57 bits per heavy atom. The topological polar surface area (TPSA) is 44.5 Å². The number of ether oxygens (including phenoxy) is 2. The molecule has 0 amide bonds. The Morgan fingerprint density at radius 3 is 2.19 bits per heavy atom. The Hall–Kier alpha value is -2.21. The highest BCUT2D eigenvalue weighted by molar-refractivity contribution is 5.46. The van der Waals surface area contributed by atoms with Crippen LogP contribution in [0.4, 0.5) is 13.2 Å². The monoisotopic (exact) mass is 297 g/mol. The van der Waals surface area contributed by atoms with Gasteiger partial charge in [-0.3, -0.25) is 0 Å². The summed E-state index contributed by atoms with van der Waals surface area (Å²) in [6.07, 6.45) is 0. The first kappa shape index (κ1) is 15.2. The quantitative estimate of drug-likeness (QED) is 0.882. The zero-order valence-corrected chi connectivity index (χ0v) is 11.5. The van der Waals surface area contributed by atoms with Crippen molar-refractivity contribution in [2.75, 3.05) is 14.2 Å². The predicted molar refractivity (Wildman–Crippen MR) is 71.9 cm³/mol. The first-order valence-corrected chi connectivity index (χ1v) is 6.10. The molecule has 2 rings (SSSR count). The summed E-state index contributed by atoms with van der Waals surface area (Å²) in [5, 5.41) is 0. The Kier molecular flexibility index (Phi) is 4.37. The van der Waals surface area contributed by atoms with Crippen LogP contribution in [0.3, 0.4) is 0 Å². The maximum Gasteiger partial charge on any atom is 0.194 e. The third kappa shape index (κ3) is 2.80. The lowest BCUT2D eigenvalue weighted by Crippen LogP contribution is -2.15. The first-order chi connectivity index (χ1) is 9.99. The summed E-state index contributed by atoms with van der Waals surface area (Å²) in [6.45, 7) is 0. The van der Waals surface area contributed by atoms with E-state index in [1.807, 2.05) is 0 Å². The normalized spacial score (nSPS) is 12.1. The van der Waals surface area contributed by atoms with E-state index in [0.717, 1.165) is 12.1 Å². The fraction of sp³-hybridized carbons (Fsp3) is 0.200. The Balaban J connectivity index is 2.45. The molecule has 0 saturated heterocycles. The fourth-order valence-corrected chi connectivity index (χ4v) is 2.01. The van der Waals surface area contributed by atoms with E-state index in [0.29, 0.717) is 17.1 Å². The van der Waals surface area contributed by atoms with E-state index < -0.39 is 23.5 Å². The lowest BCUT2D eigenvalue weighted by Gasteiger charge is -2.16. The minimum absolute atomic E-state index is 0.138. The van der Waals surface area contributed by atoms with Gasteiger partial charge in [0.05, 0.1) is 20.3 Å². The van der Waals surface area contributed by atoms with Crippen molar-refractivity contribution in [3.8, 4) is 11.5 Å². The summed E-state index contributed by atoms with van der Waals surface area (Å²) in [7, 11) is 2.93. The van der Waals surface area contributed by atoms with Crippen LogP contribution in [0.1, 0.15) is 17.2 Å². The molecular formula is C15H14F3NO2. The Labute approximate surface area is 120 Å². The SMILES string of the molecule is COc1ccc(C(N)c2ccc(F)c(F)c2F)cc1OC. The summed E-state index contributed by atoms with van der Waals surface area (Å²) in [6, 6.07) is 5.77. The molecule has 0 spiro atoms. The smallest absolute Gasteiger partial charge is 0.194 e. The van der Waals surface area contributed by atoms with Gasteiger partial charge in [-0.05, 0) is 23.8 Å². The van der Waals surface area contributed by atoms with Crippen LogP contribution in [0.25, 0.3) is 0 Å². The first-order valence-electron chi connectivity index (χ1n) is 6.10. The van der Waals surface area contributed by atoms with Gasteiger partial charge >= 0.3 is 0 Å². The molecule has 0 heterocycles. The molecule has 0 bridgehead atoms. The highest BCUT2D eigenvalue weighted by Gasteiger charge is 2.20. The molecule has 21 heavy (non-hydrogen) atoms. The zero-order chi connectivity index (χ0) is 15.6. The molecule has 0 aliphatic heterocycles. The van der Waals surface area contributed by atoms with E-state index in [1.54, 1.807) is 18.2 Å². The fourth-order valence-electron chi connectivity index (χ4n) is 2.01. The molecular weight excluding hydrogens is 283 g/mol. The standard InChI is InChI=1S/C15H14F3NO2/c1-20-11-6-3-8(7-12(11)21-2)15(19)9-4-5-10(16)14(18)13(9)17/h3-7,15H,19H2,1-2H3. The lowest BCUT2D eigenvalue weighted by molar-refractivity contribution is 0.354. The largest absolute Gasteiger partial charge is 0.493 e. The number of hydrogen-bond acceptors (Lipinski definition) is 3. The van der Waals surface area contributed by atoms with Crippen LogP contribution in [-0.4, -0.2) is 14.2 Å². The van der Waals surface area contributed by atoms with Gasteiger partial charge in [-0.2, -0.15) is 0 Å². The molecule has 6 heteroatoms. The second-order valence-corrected chi connectivity index (χ2v) is 4.36. The number of benzene rings is 2. The van der Waals surface area contributed by atoms with Crippen molar-refractivity contribution in [3.05, 3.63) is 58.9 Å². The van der Waals surface area contributed by atoms with Gasteiger partial charge in [-0.15, -0.1) is 0 Å². The number of hydrogen-bond donors (Lipinski definition) is 1. The second kappa shape index (κ2) is 6.05. The molecule has 0 aliphatic rings. The van der Waals surface area contributed by atoms with Crippen molar-refractivity contribution in [1.82, 2.24) is 0 Å². The molecule has 2 N–H and O–H groups in total. The van der Waals surface area contributed by atoms with Gasteiger partial charge in [0.2, 0.25) is 0 Å². The van der Waals surface area contributed by atoms with E-state index in [2.05, 4.69) is 0 Å². The van der Waals surface area contributed by atoms with Crippen molar-refractivity contribution >= 4 is 0 Å². The maximum atomic E-state index is 13.8. The lowest BCUT2D eigenvalue weighted by atomic mass is 9.98. The Morgan fingerprint density at radius 1 is 0.905 bits per heavy atom. The van der Waals surface area contributed by atoms with Crippen molar-refractivity contribution in [2.45, 2.75) is 6.04 Å². The molecule has 0 aliphatic carbocycles. The number of rotatable bonds is 4. The number of methoxy groups -OCH3 is 2. The summed E-state index contributed by atoms with van der Waals surface area (Å²) in [4.78, 5) is 0. The molecule has 2 aromatic rings. The molecule has 1 atom stereocenters. The van der Waals surface area contributed by atoms with Gasteiger partial charge in [-0.1, -0.05) is 12.1 Å². The van der Waals surface area contributed by atoms with Gasteiger partial charge in [0.1, 0.15) is 0 Å². The van der Waals surface area contributed by atoms with Gasteiger partial charge in [0.25, 0.3) is 0 Å². The second-order valence-electron chi connectivity index (χ2n) is 4.36. The third-order valence-corrected chi connectivity index (χ3v) is 3.17. The van der Waals surface area contributed by atoms with Crippen LogP contribution in [0.2, 0.25) is 0 Å². The van der Waals surface area contributed by atoms with E-state index in [-0.39, 0.29) is 5.56 Å². The maximum absolute atomic E-state index is 13.8. The van der Waals surface area contributed by atoms with Gasteiger partial charge in [-0.25, -0.2) is 13.2 Å². The average molecular weight is 297 g/mol. The van der Waals surface area contributed by atoms with Gasteiger partial charge in [0.15, 0.2) is 29.0 Å². The molecule has 112 valence electrons. The minimum atomic E-state index is -1.54. The minimum Gasteiger partial charge on any atom is -0.493 e. The molecule has 0 radical (unpaired) electrons. The third-order valence-electron chi connectivity index (χ3n) is 3.17. The summed E-state index contributed by atoms with van der Waals surface area (Å²) in [5.74, 6) is -3.19. The van der Waals surface area contributed by atoms with Crippen LogP contribution < -0.4 is 15.2 Å². The predicted octanol–water partition coefficient (Wildman–Crippen LogP) is 3.17. The average Bonchev–Trinajstić information content (AvgIpc) is 2.51. The molecule has 0 aromatic heterocycles. The van der Waals surface area contributed by atoms with Crippen LogP contribution in [0, 0.1) is 17.5 Å². The van der Waals surface area contributed by atoms with E-state index in [1.165, 1.54) is 14.2 Å². The molecule has 1 unspecified atom stereocenters. The highest BCUT2D eigenvalue weighted by atomic mass is 19.2. The molecule has 2 aromatic carbocycles.